The van der Waals surface area contributed by atoms with Crippen LogP contribution in [0.1, 0.15) is 13.3 Å². The van der Waals surface area contributed by atoms with Gasteiger partial charge < -0.3 is 9.84 Å². The predicted octanol–water partition coefficient (Wildman–Crippen LogP) is -0.994. The SMILES string of the molecule is CC12CC3C(O1)C(OS3(=O)=O)C2O. The van der Waals surface area contributed by atoms with Crippen LogP contribution in [-0.4, -0.2) is 42.7 Å². The number of aliphatic hydroxyl groups excluding tert-OH is 1. The molecule has 0 saturated carbocycles. The molecule has 0 amide bonds. The van der Waals surface area contributed by atoms with Crippen molar-refractivity contribution < 1.29 is 22.4 Å². The standard InChI is InChI=1S/C7H10O5S/c1-7-2-3-4(11-7)5(6(7)8)12-13(3,9)10/h3-6,8H,2H2,1H3. The highest BCUT2D eigenvalue weighted by Crippen LogP contribution is 2.52. The Morgan fingerprint density at radius 3 is 2.69 bits per heavy atom. The van der Waals surface area contributed by atoms with Crippen molar-refractivity contribution in [3.8, 4) is 0 Å². The lowest BCUT2D eigenvalue weighted by molar-refractivity contribution is -0.0349. The van der Waals surface area contributed by atoms with Gasteiger partial charge in [-0.3, -0.25) is 4.18 Å². The first-order chi connectivity index (χ1) is 5.94. The second-order valence-electron chi connectivity index (χ2n) is 4.14. The number of hydrogen-bond donors (Lipinski definition) is 1. The van der Waals surface area contributed by atoms with Crippen LogP contribution in [0.25, 0.3) is 0 Å². The van der Waals surface area contributed by atoms with E-state index >= 15 is 0 Å². The minimum absolute atomic E-state index is 0.345. The van der Waals surface area contributed by atoms with Gasteiger partial charge in [-0.25, -0.2) is 0 Å². The quantitative estimate of drug-likeness (QED) is 0.515. The molecule has 2 bridgehead atoms. The zero-order chi connectivity index (χ0) is 9.43. The number of aliphatic hydroxyl groups is 1. The van der Waals surface area contributed by atoms with Crippen molar-refractivity contribution in [2.75, 3.05) is 0 Å². The third-order valence-electron chi connectivity index (χ3n) is 3.25. The summed E-state index contributed by atoms with van der Waals surface area (Å²) in [5.74, 6) is 0. The van der Waals surface area contributed by atoms with Crippen molar-refractivity contribution in [1.82, 2.24) is 0 Å². The highest BCUT2D eigenvalue weighted by Gasteiger charge is 2.70. The van der Waals surface area contributed by atoms with Crippen molar-refractivity contribution in [1.29, 1.82) is 0 Å². The molecule has 5 nitrogen and oxygen atoms in total. The molecule has 3 aliphatic rings. The van der Waals surface area contributed by atoms with Crippen LogP contribution in [0.4, 0.5) is 0 Å². The van der Waals surface area contributed by atoms with Crippen molar-refractivity contribution in [2.24, 2.45) is 0 Å². The summed E-state index contributed by atoms with van der Waals surface area (Å²) in [7, 11) is -3.49. The molecule has 6 heteroatoms. The molecule has 5 unspecified atom stereocenters. The maximum Gasteiger partial charge on any atom is 0.273 e. The Labute approximate surface area is 75.8 Å². The lowest BCUT2D eigenvalue weighted by Gasteiger charge is -2.24. The van der Waals surface area contributed by atoms with Crippen LogP contribution in [0.3, 0.4) is 0 Å². The van der Waals surface area contributed by atoms with E-state index in [2.05, 4.69) is 0 Å². The van der Waals surface area contributed by atoms with Crippen LogP contribution in [0.2, 0.25) is 0 Å². The molecule has 0 aliphatic carbocycles. The van der Waals surface area contributed by atoms with Gasteiger partial charge in [-0.1, -0.05) is 0 Å². The molecule has 0 radical (unpaired) electrons. The summed E-state index contributed by atoms with van der Waals surface area (Å²) >= 11 is 0. The monoisotopic (exact) mass is 206 g/mol. The fourth-order valence-corrected chi connectivity index (χ4v) is 4.29. The van der Waals surface area contributed by atoms with Gasteiger partial charge in [-0.05, 0) is 6.92 Å². The number of rotatable bonds is 0. The molecule has 3 saturated heterocycles. The Morgan fingerprint density at radius 1 is 1.46 bits per heavy atom. The first kappa shape index (κ1) is 8.16. The molecular formula is C7H10O5S. The van der Waals surface area contributed by atoms with Crippen LogP contribution in [0.5, 0.6) is 0 Å². The van der Waals surface area contributed by atoms with Gasteiger partial charge in [-0.2, -0.15) is 8.42 Å². The molecule has 3 aliphatic heterocycles. The zero-order valence-electron chi connectivity index (χ0n) is 7.00. The van der Waals surface area contributed by atoms with Gasteiger partial charge in [-0.15, -0.1) is 0 Å². The Bertz CT molecular complexity index is 363. The lowest BCUT2D eigenvalue weighted by atomic mass is 9.85. The summed E-state index contributed by atoms with van der Waals surface area (Å²) in [6.07, 6.45) is -1.60. The summed E-state index contributed by atoms with van der Waals surface area (Å²) in [5, 5.41) is 9.12. The molecule has 3 fully saturated rings. The average molecular weight is 206 g/mol. The first-order valence-electron chi connectivity index (χ1n) is 4.22. The average Bonchev–Trinajstić information content (AvgIpc) is 2.52. The lowest BCUT2D eigenvalue weighted by Crippen LogP contribution is -2.44. The fourth-order valence-electron chi connectivity index (χ4n) is 2.55. The Hall–Kier alpha value is -0.170. The van der Waals surface area contributed by atoms with E-state index < -0.39 is 39.3 Å². The van der Waals surface area contributed by atoms with E-state index in [1.54, 1.807) is 6.92 Å². The summed E-state index contributed by atoms with van der Waals surface area (Å²) in [4.78, 5) is 0. The smallest absolute Gasteiger partial charge is 0.273 e. The Balaban J connectivity index is 2.14. The molecule has 5 atom stereocenters. The first-order valence-corrected chi connectivity index (χ1v) is 5.69. The van der Waals surface area contributed by atoms with Gasteiger partial charge in [0.15, 0.2) is 0 Å². The zero-order valence-corrected chi connectivity index (χ0v) is 7.82. The topological polar surface area (TPSA) is 72.8 Å². The van der Waals surface area contributed by atoms with Crippen LogP contribution in [0.15, 0.2) is 0 Å². The second-order valence-corrected chi connectivity index (χ2v) is 5.92. The number of hydrogen-bond acceptors (Lipinski definition) is 5. The summed E-state index contributed by atoms with van der Waals surface area (Å²) < 4.78 is 33.0. The van der Waals surface area contributed by atoms with E-state index in [4.69, 9.17) is 8.92 Å². The van der Waals surface area contributed by atoms with E-state index in [0.29, 0.717) is 6.42 Å². The third kappa shape index (κ3) is 0.758. The minimum atomic E-state index is -3.49. The van der Waals surface area contributed by atoms with E-state index in [9.17, 15) is 13.5 Å². The highest BCUT2D eigenvalue weighted by atomic mass is 32.2. The van der Waals surface area contributed by atoms with Gasteiger partial charge in [0.05, 0.1) is 5.60 Å². The maximum atomic E-state index is 11.4. The van der Waals surface area contributed by atoms with Crippen LogP contribution >= 0.6 is 0 Å². The summed E-state index contributed by atoms with van der Waals surface area (Å²) in [5.41, 5.74) is -0.719. The van der Waals surface area contributed by atoms with Crippen LogP contribution in [-0.2, 0) is 19.0 Å². The third-order valence-corrected chi connectivity index (χ3v) is 4.92. The fraction of sp³-hybridized carbons (Fsp3) is 1.00. The van der Waals surface area contributed by atoms with Gasteiger partial charge in [0.2, 0.25) is 0 Å². The predicted molar refractivity (Wildman–Crippen MR) is 41.5 cm³/mol. The van der Waals surface area contributed by atoms with Crippen LogP contribution < -0.4 is 0 Å². The molecule has 3 rings (SSSR count). The summed E-state index contributed by atoms with van der Waals surface area (Å²) in [6.45, 7) is 1.73. The second kappa shape index (κ2) is 1.93. The molecule has 74 valence electrons. The van der Waals surface area contributed by atoms with E-state index in [-0.39, 0.29) is 0 Å². The molecule has 13 heavy (non-hydrogen) atoms. The van der Waals surface area contributed by atoms with E-state index in [0.717, 1.165) is 0 Å². The van der Waals surface area contributed by atoms with Crippen molar-refractivity contribution in [2.45, 2.75) is 42.5 Å². The molecule has 1 N–H and O–H groups in total. The summed E-state index contributed by atoms with van der Waals surface area (Å²) in [6, 6.07) is 0. The molecule has 3 heterocycles. The van der Waals surface area contributed by atoms with Gasteiger partial charge in [0.1, 0.15) is 23.6 Å². The Morgan fingerprint density at radius 2 is 2.15 bits per heavy atom. The molecular weight excluding hydrogens is 196 g/mol. The largest absolute Gasteiger partial charge is 0.387 e. The number of ether oxygens (including phenoxy) is 1. The van der Waals surface area contributed by atoms with Gasteiger partial charge >= 0.3 is 0 Å². The molecule has 0 aromatic rings. The number of fused-ring (bicyclic) bond motifs is 1. The van der Waals surface area contributed by atoms with Gasteiger partial charge in [0.25, 0.3) is 10.1 Å². The van der Waals surface area contributed by atoms with Crippen molar-refractivity contribution in [3.05, 3.63) is 0 Å². The van der Waals surface area contributed by atoms with Gasteiger partial charge in [0, 0.05) is 6.42 Å². The minimum Gasteiger partial charge on any atom is -0.387 e. The highest BCUT2D eigenvalue weighted by molar-refractivity contribution is 7.87. The van der Waals surface area contributed by atoms with Crippen molar-refractivity contribution in [3.63, 3.8) is 0 Å². The van der Waals surface area contributed by atoms with E-state index in [1.807, 2.05) is 0 Å². The maximum absolute atomic E-state index is 11.4. The normalized spacial score (nSPS) is 61.7. The van der Waals surface area contributed by atoms with Crippen LogP contribution in [0, 0.1) is 0 Å². The molecule has 0 aromatic carbocycles. The Kier molecular flexibility index (Phi) is 1.21. The molecule has 0 spiro atoms. The van der Waals surface area contributed by atoms with Crippen molar-refractivity contribution >= 4 is 10.1 Å². The van der Waals surface area contributed by atoms with E-state index in [1.165, 1.54) is 0 Å². The molecule has 0 aromatic heterocycles.